The fraction of sp³-hybridized carbons (Fsp3) is 0.209. The molecule has 1 aliphatic heterocycles. The molecule has 0 atom stereocenters. The van der Waals surface area contributed by atoms with Gasteiger partial charge in [-0.2, -0.15) is 12.5 Å². The van der Waals surface area contributed by atoms with E-state index in [1.54, 1.807) is 30.7 Å². The van der Waals surface area contributed by atoms with Gasteiger partial charge in [-0.1, -0.05) is 0 Å². The van der Waals surface area contributed by atoms with Gasteiger partial charge in [-0.3, -0.25) is 39.5 Å². The number of rotatable bonds is 14. The standard InChI is InChI=1S/C19H19N3O7S.C12H12N2O6S2.C12H11N2.2Na.O3S.Ru/c23-17-4-5-18(24)22(17)29-19(25)3-1-2-13-6-8-20-15(10-13)16-11-14(7-9-21-16)12-30(26,27)28;15-21(16,17)7-9-1-3-13-11(5-9)12-6-10(2-4-14-12)8-22(18,19)20;1-9-3-5-13-11(7-9)12-8-10(2)4-6-14-12;;;1-4(2)3;/h6-11H,1-5,12H2,(H,26,27,28);1-6H,7-8H2,(H,15,16,17)(H,18,19,20);3-8H,1H2,2H3;;;;/q;;-1;2*+1;;/p-3. The van der Waals surface area contributed by atoms with E-state index in [4.69, 9.17) is 17.5 Å². The predicted octanol–water partition coefficient (Wildman–Crippen LogP) is -3.01. The van der Waals surface area contributed by atoms with Crippen molar-refractivity contribution in [1.29, 1.82) is 0 Å². The fourth-order valence-electron chi connectivity index (χ4n) is 6.03. The van der Waals surface area contributed by atoms with Gasteiger partial charge in [0.15, 0.2) is 0 Å². The average molecular weight is 1190 g/mol. The number of hydrogen-bond acceptors (Lipinski definition) is 22. The molecule has 0 aliphatic carbocycles. The van der Waals surface area contributed by atoms with Crippen LogP contribution in [0.15, 0.2) is 110 Å². The maximum atomic E-state index is 11.9. The summed E-state index contributed by atoms with van der Waals surface area (Å²) < 4.78 is 123. The van der Waals surface area contributed by atoms with E-state index < -0.39 is 76.0 Å². The maximum absolute atomic E-state index is 11.9. The van der Waals surface area contributed by atoms with Crippen LogP contribution in [0.1, 0.15) is 59.1 Å². The summed E-state index contributed by atoms with van der Waals surface area (Å²) in [5.74, 6) is -3.71. The van der Waals surface area contributed by atoms with Crippen molar-refractivity contribution in [2.24, 2.45) is 0 Å². The monoisotopic (exact) mass is 1190 g/mol. The first-order valence-electron chi connectivity index (χ1n) is 20.0. The first-order valence-corrected chi connectivity index (χ1v) is 25.7. The van der Waals surface area contributed by atoms with Crippen LogP contribution in [0.25, 0.3) is 34.2 Å². The van der Waals surface area contributed by atoms with Gasteiger partial charge in [-0.25, -0.2) is 30.0 Å². The number of hydroxylamine groups is 2. The number of hydrogen-bond donors (Lipinski definition) is 0. The van der Waals surface area contributed by atoms with Gasteiger partial charge in [0.1, 0.15) is 0 Å². The Morgan fingerprint density at radius 1 is 0.575 bits per heavy atom. The van der Waals surface area contributed by atoms with Crippen molar-refractivity contribution in [3.05, 3.63) is 150 Å². The van der Waals surface area contributed by atoms with Gasteiger partial charge in [-0.05, 0) is 114 Å². The van der Waals surface area contributed by atoms with Crippen LogP contribution in [0, 0.1) is 13.8 Å². The first-order chi connectivity index (χ1) is 32.8. The molecule has 0 N–H and O–H groups in total. The van der Waals surface area contributed by atoms with Crippen LogP contribution >= 0.6 is 0 Å². The molecule has 0 unspecified atom stereocenters. The van der Waals surface area contributed by atoms with Crippen LogP contribution in [0.5, 0.6) is 0 Å². The normalized spacial score (nSPS) is 11.8. The molecule has 7 heterocycles. The third-order valence-corrected chi connectivity index (χ3v) is 11.0. The second kappa shape index (κ2) is 31.3. The molecule has 7 rings (SSSR count). The molecule has 1 fully saturated rings. The number of aryl methyl sites for hydroxylation is 2. The van der Waals surface area contributed by atoms with E-state index in [0.717, 1.165) is 22.5 Å². The van der Waals surface area contributed by atoms with E-state index in [2.05, 4.69) is 36.8 Å². The minimum Gasteiger partial charge on any atom is -0.748 e. The van der Waals surface area contributed by atoms with Gasteiger partial charge in [0, 0.05) is 75.4 Å². The molecule has 0 saturated carbocycles. The van der Waals surface area contributed by atoms with Crippen molar-refractivity contribution in [2.45, 2.75) is 56.3 Å². The summed E-state index contributed by atoms with van der Waals surface area (Å²) in [6.07, 6.45) is 10.2. The summed E-state index contributed by atoms with van der Waals surface area (Å²) >= 11 is 0. The summed E-state index contributed by atoms with van der Waals surface area (Å²) in [4.78, 5) is 64.4. The minimum absolute atomic E-state index is 0. The van der Waals surface area contributed by atoms with Crippen molar-refractivity contribution in [1.82, 2.24) is 35.0 Å². The SMILES string of the molecule is O=C(CCCc1ccnc(-c2cc(CS(=O)(=O)[O-])ccn2)c1)ON1C(=O)CCC1=O.O=S(=O)([O-])Cc1ccnc(-c2cc(CS(=O)(=O)[O-])ccn2)c1.O=S(=O)=O.[CH2-]c1ccnc(-c2cc(C)ccn2)c1.[Na+].[Na+].[Ru]. The third-order valence-electron chi connectivity index (χ3n) is 8.90. The zero-order valence-electron chi connectivity index (χ0n) is 38.9. The Labute approximate surface area is 479 Å². The van der Waals surface area contributed by atoms with Crippen molar-refractivity contribution >= 4 is 58.7 Å². The number of nitrogens with zero attached hydrogens (tertiary/aromatic N) is 7. The number of aromatic nitrogens is 6. The van der Waals surface area contributed by atoms with Gasteiger partial charge in [0.25, 0.3) is 11.8 Å². The van der Waals surface area contributed by atoms with Crippen molar-refractivity contribution < 1.29 is 149 Å². The number of pyridine rings is 6. The number of carbonyl (C=O) groups is 3. The predicted molar refractivity (Wildman–Crippen MR) is 242 cm³/mol. The van der Waals surface area contributed by atoms with Crippen LogP contribution < -0.4 is 59.1 Å². The minimum atomic E-state index is -4.43. The van der Waals surface area contributed by atoms with Gasteiger partial charge in [-0.15, -0.1) is 29.8 Å². The Morgan fingerprint density at radius 3 is 1.25 bits per heavy atom. The van der Waals surface area contributed by atoms with Crippen molar-refractivity contribution in [2.75, 3.05) is 0 Å². The number of imide groups is 1. The van der Waals surface area contributed by atoms with E-state index in [-0.39, 0.29) is 120 Å². The molecular formula is C43H39N7Na2O16RuS4-2. The second-order valence-electron chi connectivity index (χ2n) is 14.7. The molecule has 23 nitrogen and oxygen atoms in total. The summed E-state index contributed by atoms with van der Waals surface area (Å²) in [6.45, 7) is 5.90. The van der Waals surface area contributed by atoms with Crippen LogP contribution in [0.2, 0.25) is 0 Å². The number of amides is 2. The molecule has 0 aromatic carbocycles. The largest absolute Gasteiger partial charge is 1.00 e. The third kappa shape index (κ3) is 25.9. The zero-order chi connectivity index (χ0) is 51.6. The molecule has 378 valence electrons. The fourth-order valence-corrected chi connectivity index (χ4v) is 7.79. The van der Waals surface area contributed by atoms with E-state index in [1.807, 2.05) is 31.2 Å². The Kier molecular flexibility index (Phi) is 28.4. The van der Waals surface area contributed by atoms with Gasteiger partial charge < -0.3 is 18.5 Å². The van der Waals surface area contributed by atoms with Gasteiger partial charge >= 0.3 is 75.7 Å². The molecule has 0 spiro atoms. The Hall–Kier alpha value is -4.65. The first kappa shape index (κ1) is 66.4. The van der Waals surface area contributed by atoms with E-state index in [0.29, 0.717) is 34.9 Å². The summed E-state index contributed by atoms with van der Waals surface area (Å²) in [5.41, 5.74) is 7.02. The second-order valence-corrected chi connectivity index (χ2v) is 19.3. The molecule has 73 heavy (non-hydrogen) atoms. The Morgan fingerprint density at radius 2 is 0.890 bits per heavy atom. The molecule has 2 amide bonds. The topological polar surface area (TPSA) is 364 Å². The van der Waals surface area contributed by atoms with Crippen LogP contribution in [-0.2, 0) is 103 Å². The number of carbonyl (C=O) groups excluding carboxylic acids is 3. The van der Waals surface area contributed by atoms with Gasteiger partial charge in [0.2, 0.25) is 0 Å². The van der Waals surface area contributed by atoms with Gasteiger partial charge in [0.05, 0.1) is 76.1 Å². The molecule has 6 aromatic rings. The summed E-state index contributed by atoms with van der Waals surface area (Å²) in [6, 6.07) is 19.7. The Bertz CT molecular complexity index is 3190. The molecule has 30 heteroatoms. The molecule has 0 radical (unpaired) electrons. The van der Waals surface area contributed by atoms with E-state index in [1.165, 1.54) is 60.6 Å². The molecule has 6 aromatic heterocycles. The van der Waals surface area contributed by atoms with Crippen molar-refractivity contribution in [3.63, 3.8) is 0 Å². The quantitative estimate of drug-likeness (QED) is 0.0454. The van der Waals surface area contributed by atoms with Crippen LogP contribution in [0.3, 0.4) is 0 Å². The van der Waals surface area contributed by atoms with Crippen LogP contribution in [-0.4, -0.2) is 104 Å². The molecule has 1 aliphatic rings. The molecule has 1 saturated heterocycles. The van der Waals surface area contributed by atoms with Crippen molar-refractivity contribution in [3.8, 4) is 34.2 Å². The zero-order valence-corrected chi connectivity index (χ0v) is 47.9. The smallest absolute Gasteiger partial charge is 0.748 e. The van der Waals surface area contributed by atoms with E-state index >= 15 is 0 Å². The summed E-state index contributed by atoms with van der Waals surface area (Å²) in [7, 11) is -16.4. The Balaban J connectivity index is 0.000000545. The average Bonchev–Trinajstić information content (AvgIpc) is 3.57. The maximum Gasteiger partial charge on any atom is 1.00 e. The van der Waals surface area contributed by atoms with Crippen LogP contribution in [0.4, 0.5) is 0 Å². The summed E-state index contributed by atoms with van der Waals surface area (Å²) in [5, 5.41) is 0.521. The van der Waals surface area contributed by atoms with E-state index in [9.17, 15) is 53.3 Å². The molecular weight excluding hydrogens is 1150 g/mol. The molecule has 0 bridgehead atoms.